The van der Waals surface area contributed by atoms with Gasteiger partial charge in [0.05, 0.1) is 23.7 Å². The highest BCUT2D eigenvalue weighted by molar-refractivity contribution is 7.89. The fourth-order valence-electron chi connectivity index (χ4n) is 3.03. The number of morpholine rings is 1. The molecule has 0 unspecified atom stereocenters. The summed E-state index contributed by atoms with van der Waals surface area (Å²) in [5, 5.41) is 2.53. The van der Waals surface area contributed by atoms with E-state index in [-0.39, 0.29) is 49.1 Å². The van der Waals surface area contributed by atoms with Gasteiger partial charge >= 0.3 is 6.61 Å². The van der Waals surface area contributed by atoms with Gasteiger partial charge in [-0.05, 0) is 42.3 Å². The second-order valence-electron chi connectivity index (χ2n) is 6.69. The van der Waals surface area contributed by atoms with Gasteiger partial charge in [-0.3, -0.25) is 4.79 Å². The molecular weight excluding hydrogens is 437 g/mol. The van der Waals surface area contributed by atoms with E-state index in [4.69, 9.17) is 4.74 Å². The molecule has 0 bridgehead atoms. The molecule has 168 valence electrons. The normalized spacial score (nSPS) is 15.1. The zero-order chi connectivity index (χ0) is 22.4. The van der Waals surface area contributed by atoms with Crippen molar-refractivity contribution in [2.24, 2.45) is 0 Å². The van der Waals surface area contributed by atoms with E-state index in [1.807, 2.05) is 0 Å². The molecule has 31 heavy (non-hydrogen) atoms. The number of benzene rings is 2. The minimum Gasteiger partial charge on any atom is -0.435 e. The molecule has 1 amide bonds. The van der Waals surface area contributed by atoms with Crippen LogP contribution in [0, 0.1) is 5.82 Å². The number of sulfonamides is 1. The third kappa shape index (κ3) is 5.96. The average Bonchev–Trinajstić information content (AvgIpc) is 2.75. The summed E-state index contributed by atoms with van der Waals surface area (Å²) < 4.78 is 74.6. The zero-order valence-corrected chi connectivity index (χ0v) is 17.2. The molecule has 1 fully saturated rings. The maximum Gasteiger partial charge on any atom is 0.387 e. The molecule has 1 heterocycles. The molecule has 2 aromatic carbocycles. The molecule has 1 aliphatic heterocycles. The first-order valence-electron chi connectivity index (χ1n) is 9.47. The molecule has 0 radical (unpaired) electrons. The third-order valence-electron chi connectivity index (χ3n) is 4.64. The number of hydrogen-bond acceptors (Lipinski definition) is 5. The molecule has 2 aromatic rings. The van der Waals surface area contributed by atoms with Crippen molar-refractivity contribution >= 4 is 15.9 Å². The van der Waals surface area contributed by atoms with Crippen molar-refractivity contribution in [2.75, 3.05) is 32.8 Å². The molecule has 7 nitrogen and oxygen atoms in total. The number of carbonyl (C=O) groups excluding carboxylic acids is 1. The lowest BCUT2D eigenvalue weighted by Crippen LogP contribution is -2.40. The first-order chi connectivity index (χ1) is 14.8. The molecule has 1 saturated heterocycles. The Labute approximate surface area is 177 Å². The molecular formula is C20H21F3N2O5S. The Morgan fingerprint density at radius 2 is 1.81 bits per heavy atom. The summed E-state index contributed by atoms with van der Waals surface area (Å²) in [5.74, 6) is -1.58. The van der Waals surface area contributed by atoms with Gasteiger partial charge in [0, 0.05) is 19.6 Å². The van der Waals surface area contributed by atoms with E-state index in [1.165, 1.54) is 16.4 Å². The number of nitrogens with zero attached hydrogens (tertiary/aromatic N) is 1. The Morgan fingerprint density at radius 3 is 2.45 bits per heavy atom. The highest BCUT2D eigenvalue weighted by Gasteiger charge is 2.27. The lowest BCUT2D eigenvalue weighted by Gasteiger charge is -2.26. The standard InChI is InChI=1S/C20H21F3N2O5S/c21-18-6-5-16(31(27,28)25-9-11-29-12-10-25)13-17(18)19(26)24-8-7-14-1-3-15(4-2-14)30-20(22)23/h1-6,13,20H,7-12H2,(H,24,26). The number of rotatable bonds is 8. The number of alkyl halides is 2. The monoisotopic (exact) mass is 458 g/mol. The van der Waals surface area contributed by atoms with Crippen LogP contribution in [0.2, 0.25) is 0 Å². The van der Waals surface area contributed by atoms with Gasteiger partial charge in [-0.2, -0.15) is 13.1 Å². The van der Waals surface area contributed by atoms with Crippen molar-refractivity contribution in [2.45, 2.75) is 17.9 Å². The fourth-order valence-corrected chi connectivity index (χ4v) is 4.46. The van der Waals surface area contributed by atoms with Gasteiger partial charge in [0.1, 0.15) is 11.6 Å². The van der Waals surface area contributed by atoms with Crippen LogP contribution in [0.25, 0.3) is 0 Å². The molecule has 11 heteroatoms. The number of amides is 1. The van der Waals surface area contributed by atoms with Gasteiger partial charge in [-0.25, -0.2) is 12.8 Å². The topological polar surface area (TPSA) is 84.9 Å². The van der Waals surface area contributed by atoms with Crippen LogP contribution in [-0.2, 0) is 21.2 Å². The Balaban J connectivity index is 1.63. The highest BCUT2D eigenvalue weighted by Crippen LogP contribution is 2.20. The molecule has 0 atom stereocenters. The predicted molar refractivity (Wildman–Crippen MR) is 105 cm³/mol. The summed E-state index contributed by atoms with van der Waals surface area (Å²) in [6, 6.07) is 8.99. The van der Waals surface area contributed by atoms with E-state index in [2.05, 4.69) is 10.1 Å². The van der Waals surface area contributed by atoms with Crippen LogP contribution >= 0.6 is 0 Å². The minimum absolute atomic E-state index is 0.0168. The first kappa shape index (κ1) is 23.0. The van der Waals surface area contributed by atoms with Gasteiger partial charge in [0.25, 0.3) is 5.91 Å². The van der Waals surface area contributed by atoms with Gasteiger partial charge < -0.3 is 14.8 Å². The van der Waals surface area contributed by atoms with Crippen molar-refractivity contribution in [1.29, 1.82) is 0 Å². The minimum atomic E-state index is -3.87. The number of carbonyl (C=O) groups is 1. The summed E-state index contributed by atoms with van der Waals surface area (Å²) in [4.78, 5) is 12.2. The van der Waals surface area contributed by atoms with E-state index in [1.54, 1.807) is 12.1 Å². The Hall–Kier alpha value is -2.63. The maximum absolute atomic E-state index is 14.2. The maximum atomic E-state index is 14.2. The summed E-state index contributed by atoms with van der Waals surface area (Å²) in [5.41, 5.74) is 0.362. The molecule has 1 aliphatic rings. The van der Waals surface area contributed by atoms with Crippen LogP contribution in [0.5, 0.6) is 5.75 Å². The zero-order valence-electron chi connectivity index (χ0n) is 16.4. The van der Waals surface area contributed by atoms with Gasteiger partial charge in [0.15, 0.2) is 0 Å². The second-order valence-corrected chi connectivity index (χ2v) is 8.62. The van der Waals surface area contributed by atoms with Gasteiger partial charge in [-0.15, -0.1) is 0 Å². The van der Waals surface area contributed by atoms with Gasteiger partial charge in [0.2, 0.25) is 10.0 Å². The second kappa shape index (κ2) is 10.1. The third-order valence-corrected chi connectivity index (χ3v) is 6.53. The lowest BCUT2D eigenvalue weighted by atomic mass is 10.1. The largest absolute Gasteiger partial charge is 0.435 e. The predicted octanol–water partition coefficient (Wildman–Crippen LogP) is 2.42. The molecule has 1 N–H and O–H groups in total. The summed E-state index contributed by atoms with van der Waals surface area (Å²) in [6.45, 7) is -1.88. The number of hydrogen-bond donors (Lipinski definition) is 1. The van der Waals surface area contributed by atoms with Crippen molar-refractivity contribution in [3.63, 3.8) is 0 Å². The van der Waals surface area contributed by atoms with Crippen LogP contribution in [0.1, 0.15) is 15.9 Å². The van der Waals surface area contributed by atoms with Crippen LogP contribution in [0.4, 0.5) is 13.2 Å². The number of ether oxygens (including phenoxy) is 2. The molecule has 0 spiro atoms. The number of nitrogens with one attached hydrogen (secondary N) is 1. The van der Waals surface area contributed by atoms with Crippen LogP contribution < -0.4 is 10.1 Å². The molecule has 0 aromatic heterocycles. The summed E-state index contributed by atoms with van der Waals surface area (Å²) >= 11 is 0. The van der Waals surface area contributed by atoms with Crippen molar-refractivity contribution in [3.05, 3.63) is 59.4 Å². The summed E-state index contributed by atoms with van der Waals surface area (Å²) in [7, 11) is -3.87. The van der Waals surface area contributed by atoms with Crippen LogP contribution in [0.15, 0.2) is 47.4 Å². The highest BCUT2D eigenvalue weighted by atomic mass is 32.2. The molecule has 3 rings (SSSR count). The van der Waals surface area contributed by atoms with E-state index in [0.717, 1.165) is 23.8 Å². The van der Waals surface area contributed by atoms with E-state index < -0.39 is 28.4 Å². The first-order valence-corrected chi connectivity index (χ1v) is 10.9. The van der Waals surface area contributed by atoms with E-state index in [0.29, 0.717) is 6.42 Å². The number of halogens is 3. The summed E-state index contributed by atoms with van der Waals surface area (Å²) in [6.07, 6.45) is 0.355. The Kier molecular flexibility index (Phi) is 7.52. The van der Waals surface area contributed by atoms with Crippen molar-refractivity contribution in [1.82, 2.24) is 9.62 Å². The Morgan fingerprint density at radius 1 is 1.13 bits per heavy atom. The smallest absolute Gasteiger partial charge is 0.387 e. The van der Waals surface area contributed by atoms with E-state index >= 15 is 0 Å². The van der Waals surface area contributed by atoms with Crippen LogP contribution in [0.3, 0.4) is 0 Å². The van der Waals surface area contributed by atoms with Crippen molar-refractivity contribution < 1.29 is 35.9 Å². The SMILES string of the molecule is O=C(NCCc1ccc(OC(F)F)cc1)c1cc(S(=O)(=O)N2CCOCC2)ccc1F. The fraction of sp³-hybridized carbons (Fsp3) is 0.350. The van der Waals surface area contributed by atoms with Crippen molar-refractivity contribution in [3.8, 4) is 5.75 Å². The Bertz CT molecular complexity index is 1010. The molecule has 0 aliphatic carbocycles. The van der Waals surface area contributed by atoms with Gasteiger partial charge in [-0.1, -0.05) is 12.1 Å². The lowest BCUT2D eigenvalue weighted by molar-refractivity contribution is -0.0498. The van der Waals surface area contributed by atoms with Crippen LogP contribution in [-0.4, -0.2) is 58.1 Å². The van der Waals surface area contributed by atoms with E-state index in [9.17, 15) is 26.4 Å². The quantitative estimate of drug-likeness (QED) is 0.657. The average molecular weight is 458 g/mol. The molecule has 0 saturated carbocycles.